The van der Waals surface area contributed by atoms with Gasteiger partial charge < -0.3 is 0 Å². The molecule has 63 valence electrons. The molecule has 0 aliphatic heterocycles. The van der Waals surface area contributed by atoms with Crippen LogP contribution >= 0.6 is 23.7 Å². The first-order valence-electron chi connectivity index (χ1n) is 2.67. The first kappa shape index (κ1) is 13.6. The van der Waals surface area contributed by atoms with E-state index in [1.807, 2.05) is 13.8 Å². The van der Waals surface area contributed by atoms with Gasteiger partial charge in [0.05, 0.1) is 23.7 Å². The second-order valence-corrected chi connectivity index (χ2v) is 2.47. The van der Waals surface area contributed by atoms with Crippen LogP contribution in [0.4, 0.5) is 0 Å². The van der Waals surface area contributed by atoms with Gasteiger partial charge >= 0.3 is 51.4 Å². The van der Waals surface area contributed by atoms with Crippen molar-refractivity contribution >= 4 is 23.7 Å². The summed E-state index contributed by atoms with van der Waals surface area (Å²) in [4.78, 5) is 0. The molecule has 3 nitrogen and oxygen atoms in total. The van der Waals surface area contributed by atoms with Crippen molar-refractivity contribution in [2.45, 2.75) is 13.8 Å². The van der Waals surface area contributed by atoms with Crippen molar-refractivity contribution in [1.29, 1.82) is 0 Å². The molecule has 0 bridgehead atoms. The minimum Gasteiger partial charge on any atom is -0.166 e. The Morgan fingerprint density at radius 2 is 1.40 bits per heavy atom. The molecule has 10 heavy (non-hydrogen) atoms. The largest absolute Gasteiger partial charge is 0.166 e. The first-order valence-corrected chi connectivity index (χ1v) is 4.42. The predicted molar refractivity (Wildman–Crippen MR) is 36.0 cm³/mol. The topological polar surface area (TPSA) is 27.7 Å². The molecule has 0 saturated heterocycles. The van der Waals surface area contributed by atoms with Crippen LogP contribution in [-0.4, -0.2) is 13.2 Å². The molecule has 0 heterocycles. The van der Waals surface area contributed by atoms with Crippen molar-refractivity contribution in [3.63, 3.8) is 0 Å². The van der Waals surface area contributed by atoms with Gasteiger partial charge in [-0.1, -0.05) is 0 Å². The van der Waals surface area contributed by atoms with Crippen LogP contribution in [0.3, 0.4) is 0 Å². The molecule has 6 heteroatoms. The fourth-order valence-electron chi connectivity index (χ4n) is 0.143. The van der Waals surface area contributed by atoms with E-state index in [9.17, 15) is 0 Å². The van der Waals surface area contributed by atoms with E-state index < -0.39 is 0 Å². The van der Waals surface area contributed by atoms with Gasteiger partial charge in [-0.05, 0) is 0 Å². The Balaban J connectivity index is 0. The van der Waals surface area contributed by atoms with Gasteiger partial charge in [-0.3, -0.25) is 0 Å². The van der Waals surface area contributed by atoms with Crippen LogP contribution in [0.1, 0.15) is 13.8 Å². The smallest absolute Gasteiger partial charge is 0.0832 e. The van der Waals surface area contributed by atoms with Gasteiger partial charge in [0, 0.05) is 0 Å². The summed E-state index contributed by atoms with van der Waals surface area (Å²) in [5, 5.41) is 0. The molecule has 0 saturated carbocycles. The van der Waals surface area contributed by atoms with Crippen LogP contribution in [0, 0.1) is 0 Å². The number of hydrogen-bond donors (Lipinski definition) is 0. The standard InChI is InChI=1S/2C2H5O.Cl2O.V/c2*1-2-3;1-3-2;/h2*2H2,1H3;;/q2*-1;;+2. The zero-order valence-electron chi connectivity index (χ0n) is 5.84. The Kier molecular flexibility index (Phi) is 22.6. The van der Waals surface area contributed by atoms with E-state index in [1.54, 1.807) is 0 Å². The SMILES string of the molecule is CC[O][V][O]CC.ClOCl. The molecule has 0 fully saturated rings. The van der Waals surface area contributed by atoms with Crippen molar-refractivity contribution in [2.24, 2.45) is 0 Å². The van der Waals surface area contributed by atoms with E-state index in [4.69, 9.17) is 7.32 Å². The average molecular weight is 228 g/mol. The summed E-state index contributed by atoms with van der Waals surface area (Å²) in [7, 11) is 0. The van der Waals surface area contributed by atoms with Gasteiger partial charge in [-0.25, -0.2) is 0 Å². The first-order chi connectivity index (χ1) is 4.83. The molecule has 0 radical (unpaired) electrons. The molecular weight excluding hydrogens is 218 g/mol. The van der Waals surface area contributed by atoms with Crippen molar-refractivity contribution < 1.29 is 28.2 Å². The summed E-state index contributed by atoms with van der Waals surface area (Å²) in [6.07, 6.45) is 0. The van der Waals surface area contributed by atoms with Crippen LogP contribution in [-0.2, 0) is 28.2 Å². The van der Waals surface area contributed by atoms with E-state index in [1.165, 1.54) is 0 Å². The Labute approximate surface area is 79.1 Å². The summed E-state index contributed by atoms with van der Waals surface area (Å²) >= 11 is 8.27. The second-order valence-electron chi connectivity index (χ2n) is 0.968. The molecule has 0 rings (SSSR count). The molecular formula is C4H10Cl2O3V. The van der Waals surface area contributed by atoms with E-state index in [2.05, 4.69) is 27.6 Å². The minimum atomic E-state index is -0.255. The van der Waals surface area contributed by atoms with Crippen molar-refractivity contribution in [1.82, 2.24) is 0 Å². The third kappa shape index (κ3) is 23.0. The third-order valence-corrected chi connectivity index (χ3v) is 1.50. The molecule has 0 amide bonds. The summed E-state index contributed by atoms with van der Waals surface area (Å²) in [6.45, 7) is 5.49. The summed E-state index contributed by atoms with van der Waals surface area (Å²) in [5.41, 5.74) is 0. The van der Waals surface area contributed by atoms with Crippen molar-refractivity contribution in [2.75, 3.05) is 13.2 Å². The normalized spacial score (nSPS) is 8.00. The maximum Gasteiger partial charge on any atom is 0.0832 e. The van der Waals surface area contributed by atoms with Crippen LogP contribution in [0.25, 0.3) is 0 Å². The second kappa shape index (κ2) is 16.6. The van der Waals surface area contributed by atoms with Crippen molar-refractivity contribution in [3.05, 3.63) is 0 Å². The quantitative estimate of drug-likeness (QED) is 0.690. The maximum absolute atomic E-state index is 4.95. The molecule has 0 spiro atoms. The monoisotopic (exact) mass is 227 g/mol. The number of rotatable bonds is 4. The predicted octanol–water partition coefficient (Wildman–Crippen LogP) is 2.28. The number of halogens is 2. The van der Waals surface area contributed by atoms with Gasteiger partial charge in [0.25, 0.3) is 0 Å². The van der Waals surface area contributed by atoms with Crippen LogP contribution in [0.2, 0.25) is 0 Å². The van der Waals surface area contributed by atoms with Crippen molar-refractivity contribution in [3.8, 4) is 0 Å². The van der Waals surface area contributed by atoms with E-state index in [0.717, 1.165) is 13.2 Å². The third-order valence-electron chi connectivity index (χ3n) is 0.364. The van der Waals surface area contributed by atoms with Gasteiger partial charge in [0.15, 0.2) is 0 Å². The molecule has 0 atom stereocenters. The van der Waals surface area contributed by atoms with E-state index >= 15 is 0 Å². The Morgan fingerprint density at radius 1 is 1.10 bits per heavy atom. The van der Waals surface area contributed by atoms with Crippen LogP contribution < -0.4 is 0 Å². The van der Waals surface area contributed by atoms with Gasteiger partial charge in [-0.2, -0.15) is 3.84 Å². The maximum atomic E-state index is 4.95. The fraction of sp³-hybridized carbons (Fsp3) is 1.00. The molecule has 0 aromatic carbocycles. The molecule has 0 unspecified atom stereocenters. The fourth-order valence-corrected chi connectivity index (χ4v) is 0.588. The van der Waals surface area contributed by atoms with Crippen LogP contribution in [0.15, 0.2) is 0 Å². The van der Waals surface area contributed by atoms with Gasteiger partial charge in [-0.15, -0.1) is 0 Å². The molecule has 0 aromatic rings. The number of hydrogen-bond acceptors (Lipinski definition) is 3. The Morgan fingerprint density at radius 3 is 1.60 bits per heavy atom. The minimum absolute atomic E-state index is 0.255. The zero-order chi connectivity index (χ0) is 8.24. The van der Waals surface area contributed by atoms with E-state index in [-0.39, 0.29) is 17.0 Å². The molecule has 0 N–H and O–H groups in total. The summed E-state index contributed by atoms with van der Waals surface area (Å²) in [6, 6.07) is 0. The Hall–Kier alpha value is 1.04. The van der Waals surface area contributed by atoms with E-state index in [0.29, 0.717) is 0 Å². The molecule has 0 aliphatic rings. The Bertz CT molecular complexity index is 45.5. The van der Waals surface area contributed by atoms with Crippen LogP contribution in [0.5, 0.6) is 0 Å². The van der Waals surface area contributed by atoms with Gasteiger partial charge in [0.1, 0.15) is 0 Å². The summed E-state index contributed by atoms with van der Waals surface area (Å²) < 4.78 is 13.1. The summed E-state index contributed by atoms with van der Waals surface area (Å²) in [5.74, 6) is 0. The molecule has 0 aromatic heterocycles. The zero-order valence-corrected chi connectivity index (χ0v) is 8.75. The average Bonchev–Trinajstić information content (AvgIpc) is 1.91. The van der Waals surface area contributed by atoms with Gasteiger partial charge in [0.2, 0.25) is 0 Å². The molecule has 0 aliphatic carbocycles.